The van der Waals surface area contributed by atoms with Crippen molar-refractivity contribution in [3.63, 3.8) is 0 Å². The maximum absolute atomic E-state index is 13.7. The van der Waals surface area contributed by atoms with Gasteiger partial charge < -0.3 is 0 Å². The van der Waals surface area contributed by atoms with Gasteiger partial charge in [-0.05, 0) is 44.0 Å². The van der Waals surface area contributed by atoms with E-state index in [9.17, 15) is 22.8 Å². The fourth-order valence-corrected chi connectivity index (χ4v) is 2.79. The van der Waals surface area contributed by atoms with Gasteiger partial charge in [-0.15, -0.1) is 0 Å². The number of benzene rings is 1. The monoisotopic (exact) mass is 298 g/mol. The lowest BCUT2D eigenvalue weighted by molar-refractivity contribution is -0.124. The first kappa shape index (κ1) is 15.7. The maximum Gasteiger partial charge on any atom is 0.248 e. The summed E-state index contributed by atoms with van der Waals surface area (Å²) in [5, 5.41) is 0. The normalized spacial score (nSPS) is 25.1. The lowest BCUT2D eigenvalue weighted by atomic mass is 9.85. The molecule has 1 unspecified atom stereocenters. The summed E-state index contributed by atoms with van der Waals surface area (Å²) >= 11 is 0. The Morgan fingerprint density at radius 3 is 2.33 bits per heavy atom. The first-order valence-electron chi connectivity index (χ1n) is 6.96. The number of hydrogen-bond donors (Lipinski definition) is 0. The van der Waals surface area contributed by atoms with Crippen LogP contribution in [0.1, 0.15) is 43.0 Å². The van der Waals surface area contributed by atoms with Crippen LogP contribution in [0.3, 0.4) is 0 Å². The minimum Gasteiger partial charge on any atom is -0.300 e. The molecule has 5 heteroatoms. The topological polar surface area (TPSA) is 34.1 Å². The van der Waals surface area contributed by atoms with Gasteiger partial charge in [0.25, 0.3) is 0 Å². The SMILES string of the molecule is CC(=O)[C@H]1CC(C(=O)c2ccc(F)cc2)CCC(F)(F)C1. The summed E-state index contributed by atoms with van der Waals surface area (Å²) < 4.78 is 40.2. The van der Waals surface area contributed by atoms with Gasteiger partial charge in [0.05, 0.1) is 0 Å². The second-order valence-electron chi connectivity index (χ2n) is 5.71. The number of carbonyl (C=O) groups excluding carboxylic acids is 2. The maximum atomic E-state index is 13.7. The van der Waals surface area contributed by atoms with Crippen molar-refractivity contribution in [2.75, 3.05) is 0 Å². The summed E-state index contributed by atoms with van der Waals surface area (Å²) in [6, 6.07) is 5.04. The van der Waals surface area contributed by atoms with Crippen LogP contribution < -0.4 is 0 Å². The molecule has 21 heavy (non-hydrogen) atoms. The third kappa shape index (κ3) is 3.93. The molecule has 1 aliphatic carbocycles. The molecule has 0 bridgehead atoms. The van der Waals surface area contributed by atoms with E-state index in [4.69, 9.17) is 0 Å². The fraction of sp³-hybridized carbons (Fsp3) is 0.500. The van der Waals surface area contributed by atoms with E-state index in [0.717, 1.165) is 0 Å². The van der Waals surface area contributed by atoms with E-state index < -0.39 is 36.4 Å². The molecular formula is C16H17F3O2. The van der Waals surface area contributed by atoms with Gasteiger partial charge >= 0.3 is 0 Å². The van der Waals surface area contributed by atoms with Crippen LogP contribution in [0.15, 0.2) is 24.3 Å². The Hall–Kier alpha value is -1.65. The van der Waals surface area contributed by atoms with E-state index in [1.54, 1.807) is 0 Å². The molecule has 0 heterocycles. The molecule has 0 saturated heterocycles. The number of Topliss-reactive ketones (excluding diaryl/α,β-unsaturated/α-hetero) is 2. The van der Waals surface area contributed by atoms with E-state index in [1.165, 1.54) is 31.2 Å². The third-order valence-electron chi connectivity index (χ3n) is 4.05. The summed E-state index contributed by atoms with van der Waals surface area (Å²) in [5.74, 6) is -5.38. The van der Waals surface area contributed by atoms with Gasteiger partial charge in [-0.3, -0.25) is 9.59 Å². The van der Waals surface area contributed by atoms with Gasteiger partial charge in [-0.25, -0.2) is 13.2 Å². The second-order valence-corrected chi connectivity index (χ2v) is 5.71. The summed E-state index contributed by atoms with van der Waals surface area (Å²) in [6.45, 7) is 1.28. The highest BCUT2D eigenvalue weighted by atomic mass is 19.3. The predicted octanol–water partition coefficient (Wildman–Crippen LogP) is 4.04. The van der Waals surface area contributed by atoms with E-state index in [-0.39, 0.29) is 24.4 Å². The number of halogens is 3. The number of rotatable bonds is 3. The molecule has 2 rings (SSSR count). The molecule has 0 aromatic heterocycles. The molecule has 2 nitrogen and oxygen atoms in total. The van der Waals surface area contributed by atoms with Gasteiger partial charge in [-0.1, -0.05) is 0 Å². The summed E-state index contributed by atoms with van der Waals surface area (Å²) in [6.07, 6.45) is -0.696. The van der Waals surface area contributed by atoms with Gasteiger partial charge in [0.1, 0.15) is 11.6 Å². The van der Waals surface area contributed by atoms with Crippen molar-refractivity contribution in [2.24, 2.45) is 11.8 Å². The van der Waals surface area contributed by atoms with Crippen LogP contribution in [0, 0.1) is 17.7 Å². The average molecular weight is 298 g/mol. The molecule has 1 aromatic carbocycles. The minimum atomic E-state index is -2.91. The highest BCUT2D eigenvalue weighted by Crippen LogP contribution is 2.39. The smallest absolute Gasteiger partial charge is 0.248 e. The molecule has 1 aliphatic rings. The minimum absolute atomic E-state index is 0.0486. The standard InChI is InChI=1S/C16H17F3O2/c1-10(20)13-8-12(6-7-16(18,19)9-13)15(21)11-2-4-14(17)5-3-11/h2-5,12-13H,6-9H2,1H3/t12?,13-/m0/s1. The molecule has 1 saturated carbocycles. The molecule has 0 spiro atoms. The zero-order valence-electron chi connectivity index (χ0n) is 11.7. The average Bonchev–Trinajstić information content (AvgIpc) is 2.57. The summed E-state index contributed by atoms with van der Waals surface area (Å²) in [4.78, 5) is 23.9. The van der Waals surface area contributed by atoms with Crippen LogP contribution in [0.4, 0.5) is 13.2 Å². The van der Waals surface area contributed by atoms with Gasteiger partial charge in [0.2, 0.25) is 5.92 Å². The van der Waals surface area contributed by atoms with E-state index in [0.29, 0.717) is 5.56 Å². The predicted molar refractivity (Wildman–Crippen MR) is 71.8 cm³/mol. The Morgan fingerprint density at radius 2 is 1.76 bits per heavy atom. The van der Waals surface area contributed by atoms with Crippen molar-refractivity contribution in [1.29, 1.82) is 0 Å². The second kappa shape index (κ2) is 6.00. The Morgan fingerprint density at radius 1 is 1.14 bits per heavy atom. The van der Waals surface area contributed by atoms with Gasteiger partial charge in [0.15, 0.2) is 5.78 Å². The first-order valence-corrected chi connectivity index (χ1v) is 6.96. The van der Waals surface area contributed by atoms with E-state index in [1.807, 2.05) is 0 Å². The molecule has 1 aromatic rings. The Bertz CT molecular complexity index is 537. The highest BCUT2D eigenvalue weighted by molar-refractivity contribution is 5.98. The van der Waals surface area contributed by atoms with Crippen molar-refractivity contribution >= 4 is 11.6 Å². The van der Waals surface area contributed by atoms with Crippen LogP contribution >= 0.6 is 0 Å². The lowest BCUT2D eigenvalue weighted by Crippen LogP contribution is -2.23. The third-order valence-corrected chi connectivity index (χ3v) is 4.05. The zero-order chi connectivity index (χ0) is 15.6. The molecular weight excluding hydrogens is 281 g/mol. The Labute approximate surface area is 121 Å². The van der Waals surface area contributed by atoms with Crippen LogP contribution in [-0.4, -0.2) is 17.5 Å². The van der Waals surface area contributed by atoms with E-state index >= 15 is 0 Å². The molecule has 0 radical (unpaired) electrons. The van der Waals surface area contributed by atoms with E-state index in [2.05, 4.69) is 0 Å². The number of ketones is 2. The largest absolute Gasteiger partial charge is 0.300 e. The molecule has 0 aliphatic heterocycles. The zero-order valence-corrected chi connectivity index (χ0v) is 11.7. The van der Waals surface area contributed by atoms with Crippen LogP contribution in [0.5, 0.6) is 0 Å². The fourth-order valence-electron chi connectivity index (χ4n) is 2.79. The number of alkyl halides is 2. The summed E-state index contributed by atoms with van der Waals surface area (Å²) in [7, 11) is 0. The number of hydrogen-bond acceptors (Lipinski definition) is 2. The molecule has 2 atom stereocenters. The molecule has 1 fully saturated rings. The van der Waals surface area contributed by atoms with Gasteiger partial charge in [0, 0.05) is 30.2 Å². The lowest BCUT2D eigenvalue weighted by Gasteiger charge is -2.17. The molecule has 114 valence electrons. The van der Waals surface area contributed by atoms with Crippen molar-refractivity contribution < 1.29 is 22.8 Å². The molecule has 0 amide bonds. The van der Waals surface area contributed by atoms with Crippen LogP contribution in [0.25, 0.3) is 0 Å². The van der Waals surface area contributed by atoms with Crippen LogP contribution in [0.2, 0.25) is 0 Å². The molecule has 0 N–H and O–H groups in total. The Balaban J connectivity index is 2.20. The van der Waals surface area contributed by atoms with Crippen LogP contribution in [-0.2, 0) is 4.79 Å². The highest BCUT2D eigenvalue weighted by Gasteiger charge is 2.40. The van der Waals surface area contributed by atoms with Crippen molar-refractivity contribution in [3.8, 4) is 0 Å². The van der Waals surface area contributed by atoms with Crippen molar-refractivity contribution in [2.45, 2.75) is 38.5 Å². The summed E-state index contributed by atoms with van der Waals surface area (Å²) in [5.41, 5.74) is 0.300. The van der Waals surface area contributed by atoms with Crippen molar-refractivity contribution in [3.05, 3.63) is 35.6 Å². The first-order chi connectivity index (χ1) is 9.78. The van der Waals surface area contributed by atoms with Crippen molar-refractivity contribution in [1.82, 2.24) is 0 Å². The Kier molecular flexibility index (Phi) is 4.49. The quantitative estimate of drug-likeness (QED) is 0.623. The van der Waals surface area contributed by atoms with Gasteiger partial charge in [-0.2, -0.15) is 0 Å². The number of carbonyl (C=O) groups is 2.